The van der Waals surface area contributed by atoms with E-state index in [0.29, 0.717) is 6.10 Å². The van der Waals surface area contributed by atoms with Gasteiger partial charge in [0.05, 0.1) is 6.10 Å². The largest absolute Gasteiger partial charge is 0.490 e. The third-order valence-corrected chi connectivity index (χ3v) is 3.47. The number of hydrogen-bond acceptors (Lipinski definition) is 1. The number of halogens is 2. The summed E-state index contributed by atoms with van der Waals surface area (Å²) in [5.41, 5.74) is 1.19. The van der Waals surface area contributed by atoms with Crippen LogP contribution in [0.4, 0.5) is 0 Å². The zero-order valence-corrected chi connectivity index (χ0v) is 12.3. The smallest absolute Gasteiger partial charge is 0.123 e. The molecule has 1 nitrogen and oxygen atoms in total. The molecule has 0 fully saturated rings. The fourth-order valence-corrected chi connectivity index (χ4v) is 2.25. The molecule has 0 aromatic heterocycles. The Labute approximate surface area is 108 Å². The maximum Gasteiger partial charge on any atom is 0.123 e. The Hall–Kier alpha value is -0.0200. The van der Waals surface area contributed by atoms with Crippen molar-refractivity contribution in [3.8, 4) is 5.75 Å². The predicted octanol–water partition coefficient (Wildman–Crippen LogP) is 4.91. The van der Waals surface area contributed by atoms with Crippen LogP contribution in [0.2, 0.25) is 0 Å². The van der Waals surface area contributed by atoms with Crippen LogP contribution in [-0.2, 0) is 5.33 Å². The first-order valence-electron chi connectivity index (χ1n) is 5.22. The van der Waals surface area contributed by atoms with Gasteiger partial charge in [-0.1, -0.05) is 45.7 Å². The second kappa shape index (κ2) is 6.54. The molecule has 0 aliphatic carbocycles. The van der Waals surface area contributed by atoms with Crippen LogP contribution < -0.4 is 4.74 Å². The van der Waals surface area contributed by atoms with Gasteiger partial charge in [-0.3, -0.25) is 0 Å². The zero-order valence-electron chi connectivity index (χ0n) is 9.09. The van der Waals surface area contributed by atoms with Gasteiger partial charge in [-0.2, -0.15) is 0 Å². The lowest BCUT2D eigenvalue weighted by molar-refractivity contribution is 0.191. The van der Waals surface area contributed by atoms with Gasteiger partial charge in [0.15, 0.2) is 0 Å². The SMILES string of the molecule is CCC(CC)Oc1ccc(Br)cc1CBr. The molecule has 0 radical (unpaired) electrons. The van der Waals surface area contributed by atoms with Gasteiger partial charge < -0.3 is 4.74 Å². The van der Waals surface area contributed by atoms with Crippen molar-refractivity contribution >= 4 is 31.9 Å². The second-order valence-corrected chi connectivity index (χ2v) is 4.92. The lowest BCUT2D eigenvalue weighted by Crippen LogP contribution is -2.14. The standard InChI is InChI=1S/C12H16Br2O/c1-3-11(4-2)15-12-6-5-10(14)7-9(12)8-13/h5-7,11H,3-4,8H2,1-2H3. The summed E-state index contributed by atoms with van der Waals surface area (Å²) in [4.78, 5) is 0. The minimum atomic E-state index is 0.323. The Kier molecular flexibility index (Phi) is 5.69. The van der Waals surface area contributed by atoms with Crippen molar-refractivity contribution in [1.82, 2.24) is 0 Å². The highest BCUT2D eigenvalue weighted by atomic mass is 79.9. The molecule has 0 amide bonds. The molecule has 0 heterocycles. The molecule has 1 aromatic carbocycles. The summed E-state index contributed by atoms with van der Waals surface area (Å²) >= 11 is 6.94. The molecule has 84 valence electrons. The van der Waals surface area contributed by atoms with E-state index in [0.717, 1.165) is 28.4 Å². The lowest BCUT2D eigenvalue weighted by atomic mass is 10.2. The summed E-state index contributed by atoms with van der Waals surface area (Å²) in [7, 11) is 0. The van der Waals surface area contributed by atoms with Crippen molar-refractivity contribution in [3.05, 3.63) is 28.2 Å². The Morgan fingerprint density at radius 2 is 1.93 bits per heavy atom. The van der Waals surface area contributed by atoms with E-state index < -0.39 is 0 Å². The first-order valence-corrected chi connectivity index (χ1v) is 7.13. The van der Waals surface area contributed by atoms with E-state index in [1.54, 1.807) is 0 Å². The number of benzene rings is 1. The maximum atomic E-state index is 5.94. The predicted molar refractivity (Wildman–Crippen MR) is 71.8 cm³/mol. The molecule has 0 unspecified atom stereocenters. The first kappa shape index (κ1) is 13.0. The van der Waals surface area contributed by atoms with E-state index in [4.69, 9.17) is 4.74 Å². The number of ether oxygens (including phenoxy) is 1. The van der Waals surface area contributed by atoms with Crippen molar-refractivity contribution in [2.75, 3.05) is 0 Å². The number of rotatable bonds is 5. The van der Waals surface area contributed by atoms with Crippen LogP contribution in [-0.4, -0.2) is 6.10 Å². The van der Waals surface area contributed by atoms with Crippen LogP contribution in [0.15, 0.2) is 22.7 Å². The third-order valence-electron chi connectivity index (χ3n) is 2.37. The molecule has 0 atom stereocenters. The zero-order chi connectivity index (χ0) is 11.3. The lowest BCUT2D eigenvalue weighted by Gasteiger charge is -2.17. The molecule has 1 aromatic rings. The average molecular weight is 336 g/mol. The van der Waals surface area contributed by atoms with Gasteiger partial charge in [0.2, 0.25) is 0 Å². The Morgan fingerprint density at radius 1 is 1.27 bits per heavy atom. The molecular formula is C12H16Br2O. The van der Waals surface area contributed by atoms with Gasteiger partial charge in [-0.15, -0.1) is 0 Å². The molecule has 0 N–H and O–H groups in total. The van der Waals surface area contributed by atoms with Crippen LogP contribution in [0.1, 0.15) is 32.3 Å². The molecular weight excluding hydrogens is 320 g/mol. The van der Waals surface area contributed by atoms with Gasteiger partial charge in [0.1, 0.15) is 5.75 Å². The Bertz CT molecular complexity index is 308. The van der Waals surface area contributed by atoms with Crippen LogP contribution in [0, 0.1) is 0 Å². The Balaban J connectivity index is 2.83. The number of alkyl halides is 1. The van der Waals surface area contributed by atoms with E-state index in [9.17, 15) is 0 Å². The third kappa shape index (κ3) is 3.80. The van der Waals surface area contributed by atoms with Crippen molar-refractivity contribution in [3.63, 3.8) is 0 Å². The van der Waals surface area contributed by atoms with Crippen molar-refractivity contribution in [2.45, 2.75) is 38.1 Å². The van der Waals surface area contributed by atoms with Gasteiger partial charge in [-0.25, -0.2) is 0 Å². The number of hydrogen-bond donors (Lipinski definition) is 0. The van der Waals surface area contributed by atoms with E-state index in [-0.39, 0.29) is 0 Å². The van der Waals surface area contributed by atoms with Gasteiger partial charge in [-0.05, 0) is 31.0 Å². The molecule has 0 spiro atoms. The highest BCUT2D eigenvalue weighted by Crippen LogP contribution is 2.26. The van der Waals surface area contributed by atoms with Crippen molar-refractivity contribution in [2.24, 2.45) is 0 Å². The summed E-state index contributed by atoms with van der Waals surface area (Å²) < 4.78 is 7.03. The summed E-state index contributed by atoms with van der Waals surface area (Å²) in [6.07, 6.45) is 2.42. The van der Waals surface area contributed by atoms with Gasteiger partial charge in [0, 0.05) is 15.4 Å². The fourth-order valence-electron chi connectivity index (χ4n) is 1.40. The second-order valence-electron chi connectivity index (χ2n) is 3.44. The maximum absolute atomic E-state index is 5.94. The molecule has 0 saturated carbocycles. The van der Waals surface area contributed by atoms with Crippen LogP contribution >= 0.6 is 31.9 Å². The summed E-state index contributed by atoms with van der Waals surface area (Å²) in [5.74, 6) is 0.990. The molecule has 0 bridgehead atoms. The van der Waals surface area contributed by atoms with Crippen LogP contribution in [0.3, 0.4) is 0 Å². The van der Waals surface area contributed by atoms with Crippen LogP contribution in [0.5, 0.6) is 5.75 Å². The average Bonchev–Trinajstić information content (AvgIpc) is 2.27. The minimum absolute atomic E-state index is 0.323. The quantitative estimate of drug-likeness (QED) is 0.694. The van der Waals surface area contributed by atoms with E-state index in [2.05, 4.69) is 51.8 Å². The van der Waals surface area contributed by atoms with Crippen molar-refractivity contribution in [1.29, 1.82) is 0 Å². The van der Waals surface area contributed by atoms with Gasteiger partial charge in [0.25, 0.3) is 0 Å². The summed E-state index contributed by atoms with van der Waals surface area (Å²) in [6.45, 7) is 4.31. The van der Waals surface area contributed by atoms with E-state index >= 15 is 0 Å². The van der Waals surface area contributed by atoms with Gasteiger partial charge >= 0.3 is 0 Å². The van der Waals surface area contributed by atoms with Crippen molar-refractivity contribution < 1.29 is 4.74 Å². The van der Waals surface area contributed by atoms with E-state index in [1.807, 2.05) is 12.1 Å². The highest BCUT2D eigenvalue weighted by Gasteiger charge is 2.09. The minimum Gasteiger partial charge on any atom is -0.490 e. The molecule has 15 heavy (non-hydrogen) atoms. The Morgan fingerprint density at radius 3 is 2.47 bits per heavy atom. The first-order chi connectivity index (χ1) is 7.21. The molecule has 3 heteroatoms. The summed E-state index contributed by atoms with van der Waals surface area (Å²) in [5, 5.41) is 0.821. The molecule has 0 saturated heterocycles. The molecule has 0 aliphatic rings. The monoisotopic (exact) mass is 334 g/mol. The normalized spacial score (nSPS) is 10.7. The molecule has 1 rings (SSSR count). The summed E-state index contributed by atoms with van der Waals surface area (Å²) in [6, 6.07) is 6.13. The fraction of sp³-hybridized carbons (Fsp3) is 0.500. The highest BCUT2D eigenvalue weighted by molar-refractivity contribution is 9.10. The topological polar surface area (TPSA) is 9.23 Å². The van der Waals surface area contributed by atoms with Crippen LogP contribution in [0.25, 0.3) is 0 Å². The van der Waals surface area contributed by atoms with E-state index in [1.165, 1.54) is 5.56 Å². The molecule has 0 aliphatic heterocycles.